The summed E-state index contributed by atoms with van der Waals surface area (Å²) in [5, 5.41) is 3.71. The van der Waals surface area contributed by atoms with Crippen LogP contribution >= 0.6 is 31.9 Å². The van der Waals surface area contributed by atoms with Gasteiger partial charge in [0.1, 0.15) is 5.75 Å². The van der Waals surface area contributed by atoms with E-state index in [1.165, 1.54) is 22.4 Å². The fourth-order valence-electron chi connectivity index (χ4n) is 2.83. The Hall–Kier alpha value is -1.000. The molecule has 3 rings (SSSR count). The molecule has 110 valence electrons. The number of fused-ring (bicyclic) bond motifs is 1. The molecule has 1 N–H and O–H groups in total. The molecule has 0 fully saturated rings. The smallest absolute Gasteiger partial charge is 0.124 e. The van der Waals surface area contributed by atoms with E-state index in [4.69, 9.17) is 4.74 Å². The number of hydrogen-bond donors (Lipinski definition) is 1. The average Bonchev–Trinajstić information content (AvgIpc) is 2.43. The van der Waals surface area contributed by atoms with Crippen molar-refractivity contribution < 1.29 is 4.74 Å². The molecule has 0 saturated carbocycles. The van der Waals surface area contributed by atoms with Gasteiger partial charge < -0.3 is 10.1 Å². The van der Waals surface area contributed by atoms with Crippen LogP contribution in [0.5, 0.6) is 5.75 Å². The van der Waals surface area contributed by atoms with Gasteiger partial charge in [0.2, 0.25) is 0 Å². The molecule has 1 aliphatic rings. The number of benzene rings is 2. The molecule has 2 aromatic rings. The summed E-state index contributed by atoms with van der Waals surface area (Å²) in [4.78, 5) is 0. The summed E-state index contributed by atoms with van der Waals surface area (Å²) in [6, 6.07) is 10.8. The predicted molar refractivity (Wildman–Crippen MR) is 94.2 cm³/mol. The van der Waals surface area contributed by atoms with Gasteiger partial charge in [0.25, 0.3) is 0 Å². The Kier molecular flexibility index (Phi) is 4.27. The Labute approximate surface area is 142 Å². The van der Waals surface area contributed by atoms with E-state index in [1.807, 2.05) is 12.1 Å². The second kappa shape index (κ2) is 6.01. The van der Waals surface area contributed by atoms with E-state index < -0.39 is 0 Å². The summed E-state index contributed by atoms with van der Waals surface area (Å²) in [7, 11) is 0. The topological polar surface area (TPSA) is 21.3 Å². The summed E-state index contributed by atoms with van der Waals surface area (Å²) in [6.45, 7) is 5.03. The summed E-state index contributed by atoms with van der Waals surface area (Å²) < 4.78 is 7.97. The van der Waals surface area contributed by atoms with Crippen molar-refractivity contribution in [1.82, 2.24) is 0 Å². The molecule has 2 nitrogen and oxygen atoms in total. The van der Waals surface area contributed by atoms with Crippen LogP contribution in [-0.2, 0) is 0 Å². The highest BCUT2D eigenvalue weighted by Crippen LogP contribution is 2.37. The Morgan fingerprint density at radius 3 is 2.48 bits per heavy atom. The first-order valence-electron chi connectivity index (χ1n) is 7.00. The van der Waals surface area contributed by atoms with Gasteiger partial charge in [-0.25, -0.2) is 0 Å². The van der Waals surface area contributed by atoms with Crippen molar-refractivity contribution in [3.05, 3.63) is 56.0 Å². The zero-order chi connectivity index (χ0) is 15.0. The molecule has 1 heterocycles. The van der Waals surface area contributed by atoms with Crippen LogP contribution in [0.1, 0.15) is 29.2 Å². The van der Waals surface area contributed by atoms with Gasteiger partial charge in [0.15, 0.2) is 0 Å². The van der Waals surface area contributed by atoms with E-state index in [1.54, 1.807) is 0 Å². The first kappa shape index (κ1) is 14.9. The average molecular weight is 411 g/mol. The van der Waals surface area contributed by atoms with Crippen LogP contribution in [0.15, 0.2) is 39.3 Å². The Bertz CT molecular complexity index is 661. The van der Waals surface area contributed by atoms with Crippen LogP contribution in [0, 0.1) is 13.8 Å². The van der Waals surface area contributed by atoms with Crippen LogP contribution in [0.4, 0.5) is 5.69 Å². The van der Waals surface area contributed by atoms with Crippen LogP contribution in [0.25, 0.3) is 0 Å². The van der Waals surface area contributed by atoms with Gasteiger partial charge in [-0.1, -0.05) is 31.9 Å². The Balaban J connectivity index is 1.96. The molecule has 0 amide bonds. The number of anilines is 1. The van der Waals surface area contributed by atoms with Crippen LogP contribution in [0.2, 0.25) is 0 Å². The van der Waals surface area contributed by atoms with E-state index in [0.717, 1.165) is 27.7 Å². The lowest BCUT2D eigenvalue weighted by molar-refractivity contribution is 0.274. The summed E-state index contributed by atoms with van der Waals surface area (Å²) >= 11 is 7.11. The van der Waals surface area contributed by atoms with Crippen molar-refractivity contribution in [1.29, 1.82) is 0 Å². The molecule has 1 atom stereocenters. The molecule has 2 aromatic carbocycles. The lowest BCUT2D eigenvalue weighted by atomic mass is 9.99. The van der Waals surface area contributed by atoms with Crippen molar-refractivity contribution in [2.45, 2.75) is 26.3 Å². The molecule has 0 radical (unpaired) electrons. The zero-order valence-electron chi connectivity index (χ0n) is 12.0. The Morgan fingerprint density at radius 2 is 1.76 bits per heavy atom. The molecule has 4 heteroatoms. The fourth-order valence-corrected chi connectivity index (χ4v) is 3.89. The minimum atomic E-state index is 0.282. The monoisotopic (exact) mass is 409 g/mol. The van der Waals surface area contributed by atoms with E-state index in [0.29, 0.717) is 0 Å². The van der Waals surface area contributed by atoms with Gasteiger partial charge in [-0.15, -0.1) is 0 Å². The minimum Gasteiger partial charge on any atom is -0.493 e. The van der Waals surface area contributed by atoms with Gasteiger partial charge in [-0.2, -0.15) is 0 Å². The number of ether oxygens (including phenoxy) is 1. The molecule has 0 saturated heterocycles. The molecule has 0 bridgehead atoms. The normalized spacial score (nSPS) is 17.0. The first-order chi connectivity index (χ1) is 10.0. The fraction of sp³-hybridized carbons (Fsp3) is 0.294. The third-order valence-corrected chi connectivity index (χ3v) is 4.78. The van der Waals surface area contributed by atoms with Crippen LogP contribution in [-0.4, -0.2) is 6.61 Å². The van der Waals surface area contributed by atoms with E-state index in [2.05, 4.69) is 69.2 Å². The highest BCUT2D eigenvalue weighted by Gasteiger charge is 2.22. The van der Waals surface area contributed by atoms with Crippen molar-refractivity contribution in [2.24, 2.45) is 0 Å². The molecule has 1 unspecified atom stereocenters. The van der Waals surface area contributed by atoms with Gasteiger partial charge in [0, 0.05) is 26.6 Å². The second-order valence-corrected chi connectivity index (χ2v) is 7.26. The van der Waals surface area contributed by atoms with Gasteiger partial charge in [-0.3, -0.25) is 0 Å². The second-order valence-electron chi connectivity index (χ2n) is 5.43. The maximum atomic E-state index is 5.76. The van der Waals surface area contributed by atoms with E-state index in [-0.39, 0.29) is 6.04 Å². The number of nitrogens with one attached hydrogen (secondary N) is 1. The Morgan fingerprint density at radius 1 is 1.05 bits per heavy atom. The van der Waals surface area contributed by atoms with Crippen molar-refractivity contribution in [3.63, 3.8) is 0 Å². The SMILES string of the molecule is Cc1cc(Br)cc(C)c1NC1CCOc2ccc(Br)cc21. The maximum absolute atomic E-state index is 5.76. The standard InChI is InChI=1S/C17H17Br2NO/c1-10-7-13(19)8-11(2)17(10)20-15-5-6-21-16-4-3-12(18)9-14(15)16/h3-4,7-9,15,20H,5-6H2,1-2H3. The van der Waals surface area contributed by atoms with Gasteiger partial charge >= 0.3 is 0 Å². The molecular formula is C17H17Br2NO. The summed E-state index contributed by atoms with van der Waals surface area (Å²) in [6.07, 6.45) is 0.971. The van der Waals surface area contributed by atoms with Crippen LogP contribution < -0.4 is 10.1 Å². The lowest BCUT2D eigenvalue weighted by Gasteiger charge is -2.29. The molecule has 0 spiro atoms. The number of rotatable bonds is 2. The summed E-state index contributed by atoms with van der Waals surface area (Å²) in [5.41, 5.74) is 4.95. The lowest BCUT2D eigenvalue weighted by Crippen LogP contribution is -2.21. The minimum absolute atomic E-state index is 0.282. The van der Waals surface area contributed by atoms with Crippen LogP contribution in [0.3, 0.4) is 0 Å². The molecule has 1 aliphatic heterocycles. The van der Waals surface area contributed by atoms with Gasteiger partial charge in [0.05, 0.1) is 12.6 Å². The molecule has 0 aliphatic carbocycles. The molecule has 21 heavy (non-hydrogen) atoms. The molecular weight excluding hydrogens is 394 g/mol. The highest BCUT2D eigenvalue weighted by atomic mass is 79.9. The quantitative estimate of drug-likeness (QED) is 0.678. The molecule has 0 aromatic heterocycles. The third kappa shape index (κ3) is 3.11. The third-order valence-electron chi connectivity index (χ3n) is 3.83. The predicted octanol–water partition coefficient (Wildman–Crippen LogP) is 5.76. The van der Waals surface area contributed by atoms with Crippen molar-refractivity contribution >= 4 is 37.5 Å². The van der Waals surface area contributed by atoms with Crippen molar-refractivity contribution in [3.8, 4) is 5.75 Å². The largest absolute Gasteiger partial charge is 0.493 e. The number of hydrogen-bond acceptors (Lipinski definition) is 2. The number of halogens is 2. The first-order valence-corrected chi connectivity index (χ1v) is 8.59. The summed E-state index contributed by atoms with van der Waals surface area (Å²) in [5.74, 6) is 0.981. The van der Waals surface area contributed by atoms with E-state index in [9.17, 15) is 0 Å². The van der Waals surface area contributed by atoms with Gasteiger partial charge in [-0.05, 0) is 55.3 Å². The zero-order valence-corrected chi connectivity index (χ0v) is 15.2. The number of aryl methyl sites for hydroxylation is 2. The van der Waals surface area contributed by atoms with Crippen molar-refractivity contribution in [2.75, 3.05) is 11.9 Å². The maximum Gasteiger partial charge on any atom is 0.124 e. The van der Waals surface area contributed by atoms with E-state index >= 15 is 0 Å². The highest BCUT2D eigenvalue weighted by molar-refractivity contribution is 9.10.